The topological polar surface area (TPSA) is 24.5 Å². The van der Waals surface area contributed by atoms with Crippen molar-refractivity contribution in [3.05, 3.63) is 29.3 Å². The van der Waals surface area contributed by atoms with Crippen LogP contribution in [0.15, 0.2) is 18.2 Å². The molecule has 0 bridgehead atoms. The van der Waals surface area contributed by atoms with Gasteiger partial charge < -0.3 is 10.1 Å². The summed E-state index contributed by atoms with van der Waals surface area (Å²) in [6.45, 7) is 8.82. The van der Waals surface area contributed by atoms with Gasteiger partial charge in [0.1, 0.15) is 11.9 Å². The quantitative estimate of drug-likeness (QED) is 0.892. The van der Waals surface area contributed by atoms with Crippen molar-refractivity contribution < 1.29 is 4.74 Å². The molecule has 1 saturated heterocycles. The summed E-state index contributed by atoms with van der Waals surface area (Å²) in [6.07, 6.45) is 4.07. The van der Waals surface area contributed by atoms with E-state index in [1.807, 2.05) is 0 Å². The molecule has 110 valence electrons. The fraction of sp³-hybridized carbons (Fsp3) is 0.647. The maximum atomic E-state index is 6.11. The number of likely N-dealkylation sites (tertiary alicyclic amines) is 1. The summed E-state index contributed by atoms with van der Waals surface area (Å²) in [7, 11) is 0. The van der Waals surface area contributed by atoms with Crippen LogP contribution in [0.1, 0.15) is 30.9 Å². The van der Waals surface area contributed by atoms with Gasteiger partial charge in [-0.1, -0.05) is 24.6 Å². The van der Waals surface area contributed by atoms with E-state index in [2.05, 4.69) is 42.3 Å². The standard InChI is InChI=1S/C17H26N2O/c1-3-18-11-15-5-4-8-19(15)12-16-10-14-9-13(2)6-7-17(14)20-16/h6-7,9,15-16,18H,3-5,8,10-12H2,1-2H3. The highest BCUT2D eigenvalue weighted by Gasteiger charge is 2.30. The zero-order chi connectivity index (χ0) is 13.9. The Bertz CT molecular complexity index is 460. The Morgan fingerprint density at radius 2 is 2.30 bits per heavy atom. The molecule has 2 aliphatic heterocycles. The Labute approximate surface area is 122 Å². The van der Waals surface area contributed by atoms with Crippen LogP contribution in [0.4, 0.5) is 0 Å². The molecule has 0 aliphatic carbocycles. The second kappa shape index (κ2) is 6.15. The molecule has 3 heteroatoms. The highest BCUT2D eigenvalue weighted by Crippen LogP contribution is 2.30. The van der Waals surface area contributed by atoms with Crippen molar-refractivity contribution in [3.63, 3.8) is 0 Å². The molecular weight excluding hydrogens is 248 g/mol. The minimum atomic E-state index is 0.342. The Kier molecular flexibility index (Phi) is 4.27. The predicted octanol–water partition coefficient (Wildman–Crippen LogP) is 2.37. The van der Waals surface area contributed by atoms with E-state index in [0.717, 1.165) is 31.8 Å². The summed E-state index contributed by atoms with van der Waals surface area (Å²) in [5.41, 5.74) is 2.72. The molecule has 3 nitrogen and oxygen atoms in total. The lowest BCUT2D eigenvalue weighted by molar-refractivity contribution is 0.141. The minimum absolute atomic E-state index is 0.342. The first kappa shape index (κ1) is 13.9. The molecule has 1 N–H and O–H groups in total. The molecule has 3 rings (SSSR count). The van der Waals surface area contributed by atoms with Crippen molar-refractivity contribution in [3.8, 4) is 5.75 Å². The SMILES string of the molecule is CCNCC1CCCN1CC1Cc2cc(C)ccc2O1. The predicted molar refractivity (Wildman–Crippen MR) is 82.4 cm³/mol. The third kappa shape index (κ3) is 2.99. The Hall–Kier alpha value is -1.06. The molecular formula is C17H26N2O. The number of ether oxygens (including phenoxy) is 1. The molecule has 0 aromatic heterocycles. The first-order valence-corrected chi connectivity index (χ1v) is 7.97. The monoisotopic (exact) mass is 274 g/mol. The lowest BCUT2D eigenvalue weighted by Gasteiger charge is -2.27. The maximum Gasteiger partial charge on any atom is 0.123 e. The van der Waals surface area contributed by atoms with Gasteiger partial charge in [0.25, 0.3) is 0 Å². The maximum absolute atomic E-state index is 6.11. The van der Waals surface area contributed by atoms with E-state index in [1.165, 1.54) is 30.5 Å². The molecule has 2 aliphatic rings. The minimum Gasteiger partial charge on any atom is -0.488 e. The van der Waals surface area contributed by atoms with Crippen LogP contribution in [0, 0.1) is 6.92 Å². The zero-order valence-corrected chi connectivity index (χ0v) is 12.7. The van der Waals surface area contributed by atoms with Crippen molar-refractivity contribution in [1.29, 1.82) is 0 Å². The van der Waals surface area contributed by atoms with E-state index in [4.69, 9.17) is 4.74 Å². The highest BCUT2D eigenvalue weighted by atomic mass is 16.5. The summed E-state index contributed by atoms with van der Waals surface area (Å²) in [5, 5.41) is 3.49. The Morgan fingerprint density at radius 1 is 1.40 bits per heavy atom. The summed E-state index contributed by atoms with van der Waals surface area (Å²) in [5.74, 6) is 1.10. The molecule has 0 radical (unpaired) electrons. The number of nitrogens with one attached hydrogen (secondary N) is 1. The molecule has 2 atom stereocenters. The van der Waals surface area contributed by atoms with Gasteiger partial charge in [-0.3, -0.25) is 4.90 Å². The smallest absolute Gasteiger partial charge is 0.123 e. The van der Waals surface area contributed by atoms with Gasteiger partial charge in [-0.25, -0.2) is 0 Å². The number of hydrogen-bond donors (Lipinski definition) is 1. The lowest BCUT2D eigenvalue weighted by atomic mass is 10.1. The summed E-state index contributed by atoms with van der Waals surface area (Å²) >= 11 is 0. The normalized spacial score (nSPS) is 25.7. The van der Waals surface area contributed by atoms with Crippen LogP contribution in [0.25, 0.3) is 0 Å². The third-order valence-corrected chi connectivity index (χ3v) is 4.52. The van der Waals surface area contributed by atoms with Gasteiger partial charge in [-0.05, 0) is 44.5 Å². The van der Waals surface area contributed by atoms with Gasteiger partial charge >= 0.3 is 0 Å². The summed E-state index contributed by atoms with van der Waals surface area (Å²) in [4.78, 5) is 2.62. The van der Waals surface area contributed by atoms with Crippen LogP contribution in [0.2, 0.25) is 0 Å². The number of hydrogen-bond acceptors (Lipinski definition) is 3. The number of aryl methyl sites for hydroxylation is 1. The zero-order valence-electron chi connectivity index (χ0n) is 12.7. The largest absolute Gasteiger partial charge is 0.488 e. The molecule has 0 spiro atoms. The van der Waals surface area contributed by atoms with E-state index < -0.39 is 0 Å². The molecule has 2 unspecified atom stereocenters. The molecule has 1 aromatic rings. The van der Waals surface area contributed by atoms with Crippen molar-refractivity contribution in [1.82, 2.24) is 10.2 Å². The Morgan fingerprint density at radius 3 is 3.15 bits per heavy atom. The fourth-order valence-corrected chi connectivity index (χ4v) is 3.49. The number of rotatable bonds is 5. The van der Waals surface area contributed by atoms with Crippen molar-refractivity contribution in [2.45, 2.75) is 45.3 Å². The van der Waals surface area contributed by atoms with Crippen molar-refractivity contribution in [2.75, 3.05) is 26.2 Å². The van der Waals surface area contributed by atoms with Crippen LogP contribution in [0.5, 0.6) is 5.75 Å². The number of likely N-dealkylation sites (N-methyl/N-ethyl adjacent to an activating group) is 1. The lowest BCUT2D eigenvalue weighted by Crippen LogP contribution is -2.42. The third-order valence-electron chi connectivity index (χ3n) is 4.52. The van der Waals surface area contributed by atoms with E-state index in [9.17, 15) is 0 Å². The second-order valence-corrected chi connectivity index (χ2v) is 6.15. The van der Waals surface area contributed by atoms with Gasteiger partial charge in [-0.2, -0.15) is 0 Å². The molecule has 2 heterocycles. The molecule has 0 saturated carbocycles. The van der Waals surface area contributed by atoms with Gasteiger partial charge in [0.2, 0.25) is 0 Å². The summed E-state index contributed by atoms with van der Waals surface area (Å²) in [6, 6.07) is 7.25. The van der Waals surface area contributed by atoms with E-state index >= 15 is 0 Å². The van der Waals surface area contributed by atoms with Crippen LogP contribution in [-0.2, 0) is 6.42 Å². The van der Waals surface area contributed by atoms with Gasteiger partial charge in [0.15, 0.2) is 0 Å². The molecule has 20 heavy (non-hydrogen) atoms. The van der Waals surface area contributed by atoms with Crippen LogP contribution in [0.3, 0.4) is 0 Å². The van der Waals surface area contributed by atoms with Crippen molar-refractivity contribution >= 4 is 0 Å². The van der Waals surface area contributed by atoms with Crippen molar-refractivity contribution in [2.24, 2.45) is 0 Å². The second-order valence-electron chi connectivity index (χ2n) is 6.15. The summed E-state index contributed by atoms with van der Waals surface area (Å²) < 4.78 is 6.11. The number of benzene rings is 1. The van der Waals surface area contributed by atoms with E-state index in [1.54, 1.807) is 0 Å². The van der Waals surface area contributed by atoms with Gasteiger partial charge in [0.05, 0.1) is 0 Å². The fourth-order valence-electron chi connectivity index (χ4n) is 3.49. The number of fused-ring (bicyclic) bond motifs is 1. The average molecular weight is 274 g/mol. The first-order valence-electron chi connectivity index (χ1n) is 7.97. The van der Waals surface area contributed by atoms with Crippen LogP contribution in [-0.4, -0.2) is 43.2 Å². The Balaban J connectivity index is 1.57. The van der Waals surface area contributed by atoms with E-state index in [-0.39, 0.29) is 0 Å². The van der Waals surface area contributed by atoms with Crippen LogP contribution >= 0.6 is 0 Å². The van der Waals surface area contributed by atoms with Gasteiger partial charge in [0, 0.05) is 25.6 Å². The van der Waals surface area contributed by atoms with Crippen LogP contribution < -0.4 is 10.1 Å². The average Bonchev–Trinajstić information content (AvgIpc) is 3.02. The van der Waals surface area contributed by atoms with E-state index in [0.29, 0.717) is 12.1 Å². The molecule has 0 amide bonds. The number of nitrogens with zero attached hydrogens (tertiary/aromatic N) is 1. The highest BCUT2D eigenvalue weighted by molar-refractivity contribution is 5.40. The van der Waals surface area contributed by atoms with Gasteiger partial charge in [-0.15, -0.1) is 0 Å². The molecule has 1 fully saturated rings. The first-order chi connectivity index (χ1) is 9.76. The molecule has 1 aromatic carbocycles.